The summed E-state index contributed by atoms with van der Waals surface area (Å²) in [5, 5.41) is 2.80. The third-order valence-electron chi connectivity index (χ3n) is 4.82. The first kappa shape index (κ1) is 20.7. The van der Waals surface area contributed by atoms with Crippen LogP contribution in [0.5, 0.6) is 0 Å². The number of anilines is 1. The molecule has 31 heavy (non-hydrogen) atoms. The molecule has 0 saturated heterocycles. The number of halogens is 1. The Labute approximate surface area is 187 Å². The third kappa shape index (κ3) is 4.46. The number of hydrogen-bond acceptors (Lipinski definition) is 4. The second kappa shape index (κ2) is 8.65. The van der Waals surface area contributed by atoms with E-state index in [1.165, 1.54) is 6.92 Å². The number of aromatic nitrogens is 2. The largest absolute Gasteiger partial charge is 0.325 e. The summed E-state index contributed by atoms with van der Waals surface area (Å²) >= 11 is 3.37. The number of rotatable bonds is 6. The highest BCUT2D eigenvalue weighted by Crippen LogP contribution is 2.20. The molecule has 4 rings (SSSR count). The monoisotopic (exact) mass is 475 g/mol. The van der Waals surface area contributed by atoms with Crippen molar-refractivity contribution >= 4 is 50.1 Å². The van der Waals surface area contributed by atoms with Gasteiger partial charge in [0.1, 0.15) is 6.54 Å². The smallest absolute Gasteiger partial charge is 0.244 e. The number of fused-ring (bicyclic) bond motifs is 1. The Balaban J connectivity index is 1.66. The number of benzene rings is 3. The first-order valence-electron chi connectivity index (χ1n) is 9.59. The molecule has 154 valence electrons. The maximum Gasteiger partial charge on any atom is 0.244 e. The first-order valence-corrected chi connectivity index (χ1v) is 10.4. The number of imidazole rings is 1. The van der Waals surface area contributed by atoms with Gasteiger partial charge < -0.3 is 9.88 Å². The predicted octanol–water partition coefficient (Wildman–Crippen LogP) is 4.87. The van der Waals surface area contributed by atoms with Gasteiger partial charge in [-0.3, -0.25) is 14.4 Å². The highest BCUT2D eigenvalue weighted by molar-refractivity contribution is 9.10. The van der Waals surface area contributed by atoms with Crippen LogP contribution >= 0.6 is 15.9 Å². The van der Waals surface area contributed by atoms with Crippen LogP contribution in [0.4, 0.5) is 5.69 Å². The molecule has 6 nitrogen and oxygen atoms in total. The van der Waals surface area contributed by atoms with E-state index in [4.69, 9.17) is 0 Å². The molecular formula is C24H18BrN3O3. The molecular weight excluding hydrogens is 458 g/mol. The minimum atomic E-state index is -0.325. The van der Waals surface area contributed by atoms with Crippen LogP contribution in [-0.2, 0) is 11.3 Å². The van der Waals surface area contributed by atoms with Gasteiger partial charge >= 0.3 is 0 Å². The third-order valence-corrected chi connectivity index (χ3v) is 5.35. The Morgan fingerprint density at radius 1 is 0.935 bits per heavy atom. The zero-order valence-corrected chi connectivity index (χ0v) is 18.2. The van der Waals surface area contributed by atoms with E-state index < -0.39 is 0 Å². The zero-order valence-electron chi connectivity index (χ0n) is 16.6. The molecule has 1 aromatic heterocycles. The van der Waals surface area contributed by atoms with Crippen molar-refractivity contribution in [1.82, 2.24) is 9.55 Å². The van der Waals surface area contributed by atoms with Crippen LogP contribution in [0.3, 0.4) is 0 Å². The molecule has 0 fully saturated rings. The van der Waals surface area contributed by atoms with Crippen LogP contribution < -0.4 is 5.32 Å². The molecule has 1 heterocycles. The van der Waals surface area contributed by atoms with Gasteiger partial charge in [-0.2, -0.15) is 0 Å². The summed E-state index contributed by atoms with van der Waals surface area (Å²) < 4.78 is 2.48. The molecule has 3 aromatic carbocycles. The molecule has 0 aliphatic rings. The standard InChI is InChI=1S/C24H18BrN3O3/c1-15(29)17-5-4-6-19(13-17)26-22(30)14-28-21-8-3-2-7-20(21)27-24(28)23(31)16-9-11-18(25)12-10-16/h2-13H,14H2,1H3,(H,26,30). The van der Waals surface area contributed by atoms with Crippen molar-refractivity contribution in [1.29, 1.82) is 0 Å². The number of ketones is 2. The minimum Gasteiger partial charge on any atom is -0.325 e. The number of nitrogens with zero attached hydrogens (tertiary/aromatic N) is 2. The van der Waals surface area contributed by atoms with E-state index in [0.29, 0.717) is 27.8 Å². The Morgan fingerprint density at radius 2 is 1.68 bits per heavy atom. The number of hydrogen-bond donors (Lipinski definition) is 1. The van der Waals surface area contributed by atoms with Gasteiger partial charge in [-0.25, -0.2) is 4.98 Å². The Bertz CT molecular complexity index is 1310. The van der Waals surface area contributed by atoms with Crippen LogP contribution in [-0.4, -0.2) is 27.0 Å². The van der Waals surface area contributed by atoms with Gasteiger partial charge in [0.15, 0.2) is 11.6 Å². The number of Topliss-reactive ketones (excluding diaryl/α,β-unsaturated/α-hetero) is 1. The van der Waals surface area contributed by atoms with Crippen LogP contribution in [0.25, 0.3) is 11.0 Å². The van der Waals surface area contributed by atoms with E-state index in [1.54, 1.807) is 59.2 Å². The van der Waals surface area contributed by atoms with E-state index in [9.17, 15) is 14.4 Å². The van der Waals surface area contributed by atoms with E-state index in [2.05, 4.69) is 26.2 Å². The molecule has 0 spiro atoms. The van der Waals surface area contributed by atoms with Crippen LogP contribution in [0.1, 0.15) is 33.5 Å². The summed E-state index contributed by atoms with van der Waals surface area (Å²) in [6.45, 7) is 1.38. The van der Waals surface area contributed by atoms with Gasteiger partial charge in [-0.1, -0.05) is 40.2 Å². The van der Waals surface area contributed by atoms with E-state index in [-0.39, 0.29) is 29.8 Å². The summed E-state index contributed by atoms with van der Waals surface area (Å²) in [6, 6.07) is 21.0. The van der Waals surface area contributed by atoms with Gasteiger partial charge in [-0.15, -0.1) is 0 Å². The molecule has 0 radical (unpaired) electrons. The first-order chi connectivity index (χ1) is 14.9. The molecule has 0 atom stereocenters. The molecule has 0 saturated carbocycles. The lowest BCUT2D eigenvalue weighted by Gasteiger charge is -2.10. The molecule has 0 aliphatic heterocycles. The molecule has 1 N–H and O–H groups in total. The van der Waals surface area contributed by atoms with Crippen LogP contribution in [0.15, 0.2) is 77.3 Å². The van der Waals surface area contributed by atoms with Crippen molar-refractivity contribution < 1.29 is 14.4 Å². The lowest BCUT2D eigenvalue weighted by Crippen LogP contribution is -2.22. The molecule has 0 unspecified atom stereocenters. The number of carbonyl (C=O) groups excluding carboxylic acids is 3. The highest BCUT2D eigenvalue weighted by Gasteiger charge is 2.21. The zero-order chi connectivity index (χ0) is 22.0. The van der Waals surface area contributed by atoms with Crippen molar-refractivity contribution in [2.75, 3.05) is 5.32 Å². The lowest BCUT2D eigenvalue weighted by atomic mass is 10.1. The topological polar surface area (TPSA) is 81.1 Å². The molecule has 7 heteroatoms. The summed E-state index contributed by atoms with van der Waals surface area (Å²) in [5.74, 6) is -0.487. The highest BCUT2D eigenvalue weighted by atomic mass is 79.9. The fourth-order valence-corrected chi connectivity index (χ4v) is 3.56. The predicted molar refractivity (Wildman–Crippen MR) is 122 cm³/mol. The molecule has 4 aromatic rings. The van der Waals surface area contributed by atoms with Gasteiger partial charge in [0.2, 0.25) is 11.7 Å². The average Bonchev–Trinajstić information content (AvgIpc) is 3.12. The summed E-state index contributed by atoms with van der Waals surface area (Å²) in [5.41, 5.74) is 2.83. The second-order valence-corrected chi connectivity index (χ2v) is 7.95. The SMILES string of the molecule is CC(=O)c1cccc(NC(=O)Cn2c(C(=O)c3ccc(Br)cc3)nc3ccccc32)c1. The molecule has 0 bridgehead atoms. The van der Waals surface area contributed by atoms with Crippen molar-refractivity contribution in [3.05, 3.63) is 94.2 Å². The Hall–Kier alpha value is -3.58. The van der Waals surface area contributed by atoms with Crippen molar-refractivity contribution in [3.63, 3.8) is 0 Å². The molecule has 1 amide bonds. The lowest BCUT2D eigenvalue weighted by molar-refractivity contribution is -0.116. The molecule has 0 aliphatic carbocycles. The van der Waals surface area contributed by atoms with Gasteiger partial charge in [-0.05, 0) is 55.5 Å². The van der Waals surface area contributed by atoms with Crippen LogP contribution in [0, 0.1) is 0 Å². The Kier molecular flexibility index (Phi) is 5.77. The quantitative estimate of drug-likeness (QED) is 0.403. The number of nitrogens with one attached hydrogen (secondary N) is 1. The van der Waals surface area contributed by atoms with Crippen molar-refractivity contribution in [2.45, 2.75) is 13.5 Å². The second-order valence-electron chi connectivity index (χ2n) is 7.03. The number of carbonyl (C=O) groups is 3. The van der Waals surface area contributed by atoms with Crippen LogP contribution in [0.2, 0.25) is 0 Å². The average molecular weight is 476 g/mol. The maximum absolute atomic E-state index is 13.1. The maximum atomic E-state index is 13.1. The number of amides is 1. The van der Waals surface area contributed by atoms with E-state index in [1.807, 2.05) is 18.2 Å². The fraction of sp³-hybridized carbons (Fsp3) is 0.0833. The van der Waals surface area contributed by atoms with Crippen molar-refractivity contribution in [3.8, 4) is 0 Å². The fourth-order valence-electron chi connectivity index (χ4n) is 3.30. The summed E-state index contributed by atoms with van der Waals surface area (Å²) in [4.78, 5) is 42.0. The summed E-state index contributed by atoms with van der Waals surface area (Å²) in [7, 11) is 0. The van der Waals surface area contributed by atoms with Gasteiger partial charge in [0, 0.05) is 21.3 Å². The van der Waals surface area contributed by atoms with Gasteiger partial charge in [0.05, 0.1) is 11.0 Å². The minimum absolute atomic E-state index is 0.0842. The normalized spacial score (nSPS) is 10.8. The Morgan fingerprint density at radius 3 is 2.42 bits per heavy atom. The number of para-hydroxylation sites is 2. The van der Waals surface area contributed by atoms with E-state index >= 15 is 0 Å². The van der Waals surface area contributed by atoms with E-state index in [0.717, 1.165) is 4.47 Å². The summed E-state index contributed by atoms with van der Waals surface area (Å²) in [6.07, 6.45) is 0. The van der Waals surface area contributed by atoms with Gasteiger partial charge in [0.25, 0.3) is 0 Å². The van der Waals surface area contributed by atoms with Crippen molar-refractivity contribution in [2.24, 2.45) is 0 Å².